The zero-order valence-corrected chi connectivity index (χ0v) is 14.0. The van der Waals surface area contributed by atoms with Gasteiger partial charge in [-0.3, -0.25) is 14.6 Å². The van der Waals surface area contributed by atoms with Gasteiger partial charge < -0.3 is 10.6 Å². The van der Waals surface area contributed by atoms with Crippen molar-refractivity contribution in [1.82, 2.24) is 10.3 Å². The highest BCUT2D eigenvalue weighted by Gasteiger charge is 2.31. The number of carbonyl (C=O) groups is 2. The Labute approximate surface area is 151 Å². The Kier molecular flexibility index (Phi) is 4.86. The fourth-order valence-corrected chi connectivity index (χ4v) is 2.34. The van der Waals surface area contributed by atoms with E-state index in [0.29, 0.717) is 0 Å². The number of nitrogens with zero attached hydrogens (tertiary/aromatic N) is 1. The average molecular weight is 384 g/mol. The lowest BCUT2D eigenvalue weighted by Crippen LogP contribution is -2.26. The number of halogens is 4. The minimum Gasteiger partial charge on any atom is -0.348 e. The van der Waals surface area contributed by atoms with Gasteiger partial charge in [0, 0.05) is 17.8 Å². The number of alkyl halides is 3. The lowest BCUT2D eigenvalue weighted by atomic mass is 10.1. The van der Waals surface area contributed by atoms with Gasteiger partial charge in [0.25, 0.3) is 11.8 Å². The number of aromatic nitrogens is 1. The molecular weight excluding hydrogens is 371 g/mol. The first-order valence-electron chi connectivity index (χ1n) is 7.69. The number of pyridine rings is 1. The molecule has 1 aliphatic carbocycles. The maximum absolute atomic E-state index is 12.8. The fourth-order valence-electron chi connectivity index (χ4n) is 2.17. The van der Waals surface area contributed by atoms with Gasteiger partial charge in [0.2, 0.25) is 0 Å². The van der Waals surface area contributed by atoms with Gasteiger partial charge in [-0.05, 0) is 43.2 Å². The molecule has 0 saturated heterocycles. The van der Waals surface area contributed by atoms with E-state index in [4.69, 9.17) is 11.6 Å². The van der Waals surface area contributed by atoms with Crippen LogP contribution >= 0.6 is 11.6 Å². The zero-order valence-electron chi connectivity index (χ0n) is 13.2. The molecule has 1 aromatic carbocycles. The highest BCUT2D eigenvalue weighted by Crippen LogP contribution is 2.34. The summed E-state index contributed by atoms with van der Waals surface area (Å²) in [6, 6.07) is 5.39. The highest BCUT2D eigenvalue weighted by atomic mass is 35.5. The molecule has 1 aliphatic rings. The number of rotatable bonds is 4. The Morgan fingerprint density at radius 2 is 1.85 bits per heavy atom. The number of benzene rings is 1. The van der Waals surface area contributed by atoms with Gasteiger partial charge in [0.05, 0.1) is 16.3 Å². The summed E-state index contributed by atoms with van der Waals surface area (Å²) in [5.41, 5.74) is -0.974. The largest absolute Gasteiger partial charge is 0.416 e. The zero-order chi connectivity index (χ0) is 18.9. The predicted octanol–water partition coefficient (Wildman–Crippen LogP) is 3.90. The van der Waals surface area contributed by atoms with E-state index in [1.807, 2.05) is 0 Å². The van der Waals surface area contributed by atoms with E-state index >= 15 is 0 Å². The molecule has 0 spiro atoms. The van der Waals surface area contributed by atoms with Crippen LogP contribution in [-0.4, -0.2) is 22.8 Å². The molecule has 0 unspecified atom stereocenters. The number of hydrogen-bond donors (Lipinski definition) is 2. The third-order valence-electron chi connectivity index (χ3n) is 3.71. The predicted molar refractivity (Wildman–Crippen MR) is 89.1 cm³/mol. The summed E-state index contributed by atoms with van der Waals surface area (Å²) in [7, 11) is 0. The monoisotopic (exact) mass is 383 g/mol. The average Bonchev–Trinajstić information content (AvgIpc) is 3.40. The molecule has 0 bridgehead atoms. The normalized spacial score (nSPS) is 14.0. The second-order valence-corrected chi connectivity index (χ2v) is 6.23. The molecule has 136 valence electrons. The molecule has 1 aromatic heterocycles. The summed E-state index contributed by atoms with van der Waals surface area (Å²) in [5.74, 6) is -1.10. The SMILES string of the molecule is O=C(Nc1cc(C(F)(F)F)ccc1Cl)c1ccnc(C(=O)NC2CC2)c1. The van der Waals surface area contributed by atoms with Crippen molar-refractivity contribution in [2.75, 3.05) is 5.32 Å². The number of nitrogens with one attached hydrogen (secondary N) is 2. The van der Waals surface area contributed by atoms with Crippen molar-refractivity contribution in [2.24, 2.45) is 0 Å². The summed E-state index contributed by atoms with van der Waals surface area (Å²) in [6.45, 7) is 0. The summed E-state index contributed by atoms with van der Waals surface area (Å²) in [5, 5.41) is 5.03. The summed E-state index contributed by atoms with van der Waals surface area (Å²) < 4.78 is 38.4. The molecule has 1 fully saturated rings. The van der Waals surface area contributed by atoms with Gasteiger partial charge in [0.1, 0.15) is 5.69 Å². The molecular formula is C17H13ClF3N3O2. The van der Waals surface area contributed by atoms with Gasteiger partial charge in [-0.25, -0.2) is 0 Å². The number of amides is 2. The first kappa shape index (κ1) is 18.2. The standard InChI is InChI=1S/C17H13ClF3N3O2/c18-12-4-1-10(17(19,20)21)8-13(12)24-15(25)9-5-6-22-14(7-9)16(26)23-11-2-3-11/h1,4-8,11H,2-3H2,(H,23,26)(H,24,25). The smallest absolute Gasteiger partial charge is 0.348 e. The summed E-state index contributed by atoms with van der Waals surface area (Å²) >= 11 is 5.87. The molecule has 0 radical (unpaired) electrons. The van der Waals surface area contributed by atoms with E-state index < -0.39 is 23.6 Å². The topological polar surface area (TPSA) is 71.1 Å². The van der Waals surface area contributed by atoms with Crippen LogP contribution < -0.4 is 10.6 Å². The van der Waals surface area contributed by atoms with E-state index in [-0.39, 0.29) is 28.0 Å². The molecule has 2 aromatic rings. The van der Waals surface area contributed by atoms with Crippen molar-refractivity contribution in [3.8, 4) is 0 Å². The van der Waals surface area contributed by atoms with Crippen molar-refractivity contribution in [3.05, 3.63) is 58.4 Å². The fraction of sp³-hybridized carbons (Fsp3) is 0.235. The van der Waals surface area contributed by atoms with Gasteiger partial charge in [-0.2, -0.15) is 13.2 Å². The van der Waals surface area contributed by atoms with E-state index in [9.17, 15) is 22.8 Å². The van der Waals surface area contributed by atoms with Gasteiger partial charge >= 0.3 is 6.18 Å². The molecule has 1 saturated carbocycles. The first-order chi connectivity index (χ1) is 12.2. The summed E-state index contributed by atoms with van der Waals surface area (Å²) in [4.78, 5) is 28.2. The lowest BCUT2D eigenvalue weighted by Gasteiger charge is -2.12. The molecule has 26 heavy (non-hydrogen) atoms. The van der Waals surface area contributed by atoms with Crippen LogP contribution in [0.4, 0.5) is 18.9 Å². The van der Waals surface area contributed by atoms with Crippen LogP contribution in [-0.2, 0) is 6.18 Å². The quantitative estimate of drug-likeness (QED) is 0.841. The van der Waals surface area contributed by atoms with Gasteiger partial charge in [-0.15, -0.1) is 0 Å². The van der Waals surface area contributed by atoms with Crippen LogP contribution in [0.15, 0.2) is 36.5 Å². The molecule has 9 heteroatoms. The maximum Gasteiger partial charge on any atom is 0.416 e. The minimum absolute atomic E-state index is 0.0351. The van der Waals surface area contributed by atoms with E-state index in [2.05, 4.69) is 15.6 Å². The summed E-state index contributed by atoms with van der Waals surface area (Å²) in [6.07, 6.45) is -1.47. The van der Waals surface area contributed by atoms with Crippen molar-refractivity contribution < 1.29 is 22.8 Å². The van der Waals surface area contributed by atoms with Crippen LogP contribution in [0.2, 0.25) is 5.02 Å². The third-order valence-corrected chi connectivity index (χ3v) is 4.04. The van der Waals surface area contributed by atoms with Crippen LogP contribution in [0, 0.1) is 0 Å². The van der Waals surface area contributed by atoms with Crippen LogP contribution in [0.25, 0.3) is 0 Å². The second-order valence-electron chi connectivity index (χ2n) is 5.82. The Bertz CT molecular complexity index is 867. The Hall–Kier alpha value is -2.61. The Morgan fingerprint density at radius 1 is 1.12 bits per heavy atom. The number of anilines is 1. The van der Waals surface area contributed by atoms with Gasteiger partial charge in [-0.1, -0.05) is 11.6 Å². The maximum atomic E-state index is 12.8. The van der Waals surface area contributed by atoms with Crippen LogP contribution in [0.3, 0.4) is 0 Å². The van der Waals surface area contributed by atoms with Crippen molar-refractivity contribution in [2.45, 2.75) is 25.1 Å². The Morgan fingerprint density at radius 3 is 2.50 bits per heavy atom. The molecule has 5 nitrogen and oxygen atoms in total. The van der Waals surface area contributed by atoms with Crippen LogP contribution in [0.5, 0.6) is 0 Å². The van der Waals surface area contributed by atoms with E-state index in [1.165, 1.54) is 18.3 Å². The van der Waals surface area contributed by atoms with Crippen LogP contribution in [0.1, 0.15) is 39.3 Å². The molecule has 2 amide bonds. The van der Waals surface area contributed by atoms with E-state index in [1.54, 1.807) is 0 Å². The van der Waals surface area contributed by atoms with Gasteiger partial charge in [0.15, 0.2) is 0 Å². The molecule has 1 heterocycles. The van der Waals surface area contributed by atoms with Crippen molar-refractivity contribution in [1.29, 1.82) is 0 Å². The first-order valence-corrected chi connectivity index (χ1v) is 8.07. The molecule has 0 aliphatic heterocycles. The second kappa shape index (κ2) is 6.95. The molecule has 3 rings (SSSR count). The third kappa shape index (κ3) is 4.32. The molecule has 0 atom stereocenters. The minimum atomic E-state index is -4.56. The number of carbonyl (C=O) groups excluding carboxylic acids is 2. The highest BCUT2D eigenvalue weighted by molar-refractivity contribution is 6.34. The lowest BCUT2D eigenvalue weighted by molar-refractivity contribution is -0.137. The molecule has 2 N–H and O–H groups in total. The van der Waals surface area contributed by atoms with Crippen molar-refractivity contribution in [3.63, 3.8) is 0 Å². The van der Waals surface area contributed by atoms with E-state index in [0.717, 1.165) is 31.0 Å². The number of hydrogen-bond acceptors (Lipinski definition) is 3. The Balaban J connectivity index is 1.79. The van der Waals surface area contributed by atoms with Crippen molar-refractivity contribution >= 4 is 29.1 Å².